The molecule has 0 spiro atoms. The zero-order chi connectivity index (χ0) is 45.5. The Morgan fingerprint density at radius 1 is 0.565 bits per heavy atom. The predicted molar refractivity (Wildman–Crippen MR) is 278 cm³/mol. The van der Waals surface area contributed by atoms with Gasteiger partial charge >= 0.3 is 0 Å². The summed E-state index contributed by atoms with van der Waals surface area (Å²) in [5.41, 5.74) is 1.16. The van der Waals surface area contributed by atoms with Crippen molar-refractivity contribution in [1.29, 1.82) is 0 Å². The van der Waals surface area contributed by atoms with Crippen molar-refractivity contribution in [3.8, 4) is 56.4 Å². The van der Waals surface area contributed by atoms with E-state index in [0.29, 0.717) is 40.2 Å². The van der Waals surface area contributed by atoms with Gasteiger partial charge in [-0.2, -0.15) is 0 Å². The molecule has 0 saturated carbocycles. The number of carbonyl (C=O) groups is 2. The van der Waals surface area contributed by atoms with Crippen LogP contribution in [0.2, 0.25) is 20.1 Å². The number of fused-ring (bicyclic) bond motifs is 4. The molecule has 2 aliphatic carbocycles. The van der Waals surface area contributed by atoms with Crippen LogP contribution < -0.4 is 31.3 Å². The summed E-state index contributed by atoms with van der Waals surface area (Å²) >= 11 is 45.7. The Morgan fingerprint density at radius 3 is 1.81 bits per heavy atom. The molecule has 0 fully saturated rings. The van der Waals surface area contributed by atoms with Crippen molar-refractivity contribution in [3.63, 3.8) is 0 Å². The summed E-state index contributed by atoms with van der Waals surface area (Å²) < 4.78 is 14.1. The minimum atomic E-state index is -1.63. The summed E-state index contributed by atoms with van der Waals surface area (Å²) in [6.07, 6.45) is 0. The number of benzene rings is 6. The Labute approximate surface area is 455 Å². The molecular weight excluding hydrogens is 1610 g/mol. The van der Waals surface area contributed by atoms with Crippen LogP contribution in [0.3, 0.4) is 0 Å². The van der Waals surface area contributed by atoms with Gasteiger partial charge < -0.3 is 38.8 Å². The van der Waals surface area contributed by atoms with Gasteiger partial charge in [-0.25, -0.2) is 0 Å². The predicted octanol–water partition coefficient (Wildman–Crippen LogP) is 12.1. The van der Waals surface area contributed by atoms with E-state index in [9.17, 15) is 39.6 Å². The van der Waals surface area contributed by atoms with Crippen LogP contribution in [0.5, 0.6) is 11.5 Å². The molecule has 0 bridgehead atoms. The highest BCUT2D eigenvalue weighted by atomic mass is 127. The molecule has 4 aromatic rings. The Morgan fingerprint density at radius 2 is 1.16 bits per heavy atom. The van der Waals surface area contributed by atoms with E-state index < -0.39 is 17.5 Å². The van der Waals surface area contributed by atoms with Crippen molar-refractivity contribution in [2.45, 2.75) is 0 Å². The van der Waals surface area contributed by atoms with Gasteiger partial charge in [0.25, 0.3) is 0 Å². The van der Waals surface area contributed by atoms with Crippen molar-refractivity contribution in [3.05, 3.63) is 132 Å². The SMILES string of the molecule is O=C([O-])c1c(Cl)c(Cl)c(Cl)c(Cl)c1-c1c2cc(I)c(=O)c(I)c-2oc2c(I)c([O-])c(I)cc12.O=C([O-])c1ccccc1-c1c2cc(Br)c(=O)c(Br)c-2oc2c(Br)c([O-])c(Br)cc12. The number of carbonyl (C=O) groups excluding carboxylic acids is 2. The van der Waals surface area contributed by atoms with Crippen molar-refractivity contribution in [2.75, 3.05) is 0 Å². The van der Waals surface area contributed by atoms with Crippen LogP contribution in [-0.4, -0.2) is 11.9 Å². The molecule has 0 N–H and O–H groups in total. The Hall–Kier alpha value is -1.20. The van der Waals surface area contributed by atoms with E-state index in [0.717, 1.165) is 0 Å². The molecule has 2 aliphatic heterocycles. The number of aromatic carboxylic acids is 2. The molecule has 4 aliphatic rings. The molecule has 22 heteroatoms. The van der Waals surface area contributed by atoms with E-state index >= 15 is 0 Å². The summed E-state index contributed by atoms with van der Waals surface area (Å²) in [5, 5.41) is 49.0. The van der Waals surface area contributed by atoms with E-state index in [1.165, 1.54) is 6.07 Å². The van der Waals surface area contributed by atoms with Crippen LogP contribution in [0.4, 0.5) is 0 Å². The van der Waals surface area contributed by atoms with E-state index in [4.69, 9.17) is 55.2 Å². The van der Waals surface area contributed by atoms with Crippen molar-refractivity contribution in [1.82, 2.24) is 0 Å². The lowest BCUT2D eigenvalue weighted by Gasteiger charge is -2.24. The minimum absolute atomic E-state index is 0.0295. The lowest BCUT2D eigenvalue weighted by atomic mass is 9.90. The van der Waals surface area contributed by atoms with E-state index in [-0.39, 0.29) is 107 Å². The van der Waals surface area contributed by atoms with Crippen LogP contribution >= 0.6 is 200 Å². The third-order valence-corrected chi connectivity index (χ3v) is 17.1. The number of carboxylic acids is 2. The molecule has 62 heavy (non-hydrogen) atoms. The van der Waals surface area contributed by atoms with E-state index in [1.807, 2.05) is 90.4 Å². The molecule has 0 atom stereocenters. The van der Waals surface area contributed by atoms with Gasteiger partial charge in [-0.05, 0) is 168 Å². The largest absolute Gasteiger partial charge is 0.871 e. The zero-order valence-corrected chi connectivity index (χ0v) is 47.2. The van der Waals surface area contributed by atoms with Crippen molar-refractivity contribution in [2.24, 2.45) is 0 Å². The fraction of sp³-hybridized carbons (Fsp3) is 0. The second-order valence-electron chi connectivity index (χ2n) is 12.6. The van der Waals surface area contributed by atoms with Gasteiger partial charge in [0.15, 0.2) is 11.5 Å². The Balaban J connectivity index is 0.000000188. The Kier molecular flexibility index (Phi) is 14.8. The summed E-state index contributed by atoms with van der Waals surface area (Å²) in [7, 11) is 0. The highest BCUT2D eigenvalue weighted by Gasteiger charge is 2.31. The number of hydrogen-bond acceptors (Lipinski definition) is 10. The zero-order valence-electron chi connectivity index (χ0n) is 29.2. The smallest absolute Gasteiger partial charge is 0.210 e. The topological polar surface area (TPSA) is 187 Å². The fourth-order valence-electron chi connectivity index (χ4n) is 6.47. The van der Waals surface area contributed by atoms with Crippen LogP contribution in [0.15, 0.2) is 84.8 Å². The maximum Gasteiger partial charge on any atom is 0.210 e. The van der Waals surface area contributed by atoms with Crippen LogP contribution in [-0.2, 0) is 0 Å². The average molecular weight is 1620 g/mol. The first-order valence-corrected chi connectivity index (χ1v) is 25.4. The molecule has 2 heterocycles. The van der Waals surface area contributed by atoms with Crippen LogP contribution in [0.1, 0.15) is 20.7 Å². The molecule has 0 unspecified atom stereocenters. The maximum absolute atomic E-state index is 12.6. The lowest BCUT2D eigenvalue weighted by Crippen LogP contribution is -2.24. The van der Waals surface area contributed by atoms with Gasteiger partial charge in [0.2, 0.25) is 10.9 Å². The second kappa shape index (κ2) is 18.8. The first kappa shape index (κ1) is 48.7. The highest BCUT2D eigenvalue weighted by molar-refractivity contribution is 14.1. The molecule has 0 radical (unpaired) electrons. The van der Waals surface area contributed by atoms with Gasteiger partial charge in [-0.3, -0.25) is 9.59 Å². The van der Waals surface area contributed by atoms with Crippen molar-refractivity contribution < 1.29 is 38.8 Å². The summed E-state index contributed by atoms with van der Waals surface area (Å²) in [5.74, 6) is -3.25. The molecule has 0 amide bonds. The third-order valence-electron chi connectivity index (χ3n) is 9.15. The molecule has 8 rings (SSSR count). The number of carboxylic acid groups (broad SMARTS) is 2. The first-order chi connectivity index (χ1) is 29.1. The lowest BCUT2D eigenvalue weighted by molar-refractivity contribution is -0.271. The van der Waals surface area contributed by atoms with Gasteiger partial charge in [0.1, 0.15) is 19.2 Å². The van der Waals surface area contributed by atoms with Crippen LogP contribution in [0.25, 0.3) is 66.8 Å². The van der Waals surface area contributed by atoms with Crippen LogP contribution in [0, 0.1) is 14.3 Å². The molecule has 316 valence electrons. The summed E-state index contributed by atoms with van der Waals surface area (Å²) in [6, 6.07) is 12.6. The van der Waals surface area contributed by atoms with Gasteiger partial charge in [0, 0.05) is 61.3 Å². The normalized spacial score (nSPS) is 11.4. The summed E-state index contributed by atoms with van der Waals surface area (Å²) in [4.78, 5) is 49.0. The molecule has 0 aromatic heterocycles. The molecular formula is C40H8Br4Cl4I4O10-4. The van der Waals surface area contributed by atoms with Gasteiger partial charge in [0.05, 0.1) is 44.5 Å². The second-order valence-corrected chi connectivity index (χ2v) is 21.9. The Bertz CT molecular complexity index is 3380. The first-order valence-electron chi connectivity index (χ1n) is 16.4. The van der Waals surface area contributed by atoms with Crippen molar-refractivity contribution >= 4 is 234 Å². The number of hydrogen-bond donors (Lipinski definition) is 0. The molecule has 0 saturated heterocycles. The fourth-order valence-corrected chi connectivity index (χ4v) is 13.5. The standard InChI is InChI=1S/C20H8Br4O5.C20H4Cl4I4O5/c21-11-5-9-13(7-3-1-2-4-8(7)20(27)28)10-6-12(22)17(26)15(24)19(10)29-18(9)14(23)16(11)25;21-10-8(9(20(31)32)11(22)13(24)12(10)23)7-3-1-5(25)16(29)14(27)18(3)33-19-4(7)2-6(26)17(30)15(19)28/h1-6,25H,(H,27,28);1-2,29H,(H,31,32)/p-4. The average Bonchev–Trinajstić information content (AvgIpc) is 3.23. The van der Waals surface area contributed by atoms with Gasteiger partial charge in [-0.1, -0.05) is 98.1 Å². The summed E-state index contributed by atoms with van der Waals surface area (Å²) in [6.45, 7) is 0. The quantitative estimate of drug-likeness (QED) is 0.0710. The number of halogens is 12. The van der Waals surface area contributed by atoms with Gasteiger partial charge in [-0.15, -0.1) is 0 Å². The van der Waals surface area contributed by atoms with E-state index in [2.05, 4.69) is 63.7 Å². The number of rotatable bonds is 4. The minimum Gasteiger partial charge on any atom is -0.871 e. The van der Waals surface area contributed by atoms with E-state index in [1.54, 1.807) is 42.5 Å². The third kappa shape index (κ3) is 8.30. The monoisotopic (exact) mass is 1610 g/mol. The highest BCUT2D eigenvalue weighted by Crippen LogP contribution is 2.53. The molecule has 4 aromatic carbocycles. The maximum atomic E-state index is 12.6. The molecule has 10 nitrogen and oxygen atoms in total.